The van der Waals surface area contributed by atoms with Crippen LogP contribution in [0.15, 0.2) is 24.3 Å². The fourth-order valence-corrected chi connectivity index (χ4v) is 2.86. The van der Waals surface area contributed by atoms with Gasteiger partial charge in [0.1, 0.15) is 0 Å². The summed E-state index contributed by atoms with van der Waals surface area (Å²) in [7, 11) is 0. The topological polar surface area (TPSA) is 39.1 Å². The maximum atomic E-state index is 8.98. The van der Waals surface area contributed by atoms with Crippen LogP contribution in [0.5, 0.6) is 0 Å². The van der Waals surface area contributed by atoms with E-state index >= 15 is 0 Å². The van der Waals surface area contributed by atoms with E-state index in [1.165, 1.54) is 0 Å². The third-order valence-corrected chi connectivity index (χ3v) is 3.60. The summed E-state index contributed by atoms with van der Waals surface area (Å²) in [6.45, 7) is 6.11. The molecule has 0 saturated carbocycles. The van der Waals surface area contributed by atoms with Crippen molar-refractivity contribution >= 4 is 17.3 Å². The monoisotopic (exact) mass is 263 g/mol. The maximum absolute atomic E-state index is 8.98. The first-order valence-corrected chi connectivity index (χ1v) is 6.55. The van der Waals surface area contributed by atoms with Crippen molar-refractivity contribution < 1.29 is 0 Å². The molecule has 1 aliphatic rings. The molecule has 1 atom stereocenters. The molecule has 18 heavy (non-hydrogen) atoms. The van der Waals surface area contributed by atoms with Gasteiger partial charge in [-0.25, -0.2) is 0 Å². The first-order valence-electron chi connectivity index (χ1n) is 6.17. The van der Waals surface area contributed by atoms with E-state index < -0.39 is 0 Å². The molecule has 0 aromatic heterocycles. The highest BCUT2D eigenvalue weighted by Gasteiger charge is 2.36. The molecule has 1 aromatic carbocycles. The minimum absolute atomic E-state index is 0.0234. The van der Waals surface area contributed by atoms with Gasteiger partial charge in [-0.2, -0.15) is 5.26 Å². The highest BCUT2D eigenvalue weighted by atomic mass is 35.5. The third-order valence-electron chi connectivity index (χ3n) is 3.37. The second-order valence-electron chi connectivity index (χ2n) is 5.31. The molecule has 0 spiro atoms. The van der Waals surface area contributed by atoms with Gasteiger partial charge >= 0.3 is 0 Å². The average molecular weight is 264 g/mol. The third kappa shape index (κ3) is 2.60. The predicted molar refractivity (Wildman–Crippen MR) is 74.9 cm³/mol. The molecule has 2 rings (SSSR count). The number of rotatable bonds is 2. The number of nitrogens with zero attached hydrogens (tertiary/aromatic N) is 2. The summed E-state index contributed by atoms with van der Waals surface area (Å²) in [5.74, 6) is 0. The van der Waals surface area contributed by atoms with Crippen LogP contribution in [0.3, 0.4) is 0 Å². The second-order valence-corrected chi connectivity index (χ2v) is 5.75. The Morgan fingerprint density at radius 2 is 2.33 bits per heavy atom. The number of nitriles is 1. The number of nitrogens with one attached hydrogen (secondary N) is 1. The van der Waals surface area contributed by atoms with Crippen molar-refractivity contribution in [2.45, 2.75) is 31.8 Å². The van der Waals surface area contributed by atoms with Crippen LogP contribution < -0.4 is 10.2 Å². The van der Waals surface area contributed by atoms with Gasteiger partial charge in [-0.1, -0.05) is 17.7 Å². The molecule has 0 bridgehead atoms. The number of benzene rings is 1. The molecule has 1 saturated heterocycles. The molecule has 1 fully saturated rings. The van der Waals surface area contributed by atoms with E-state index in [1.54, 1.807) is 0 Å². The molecule has 3 nitrogen and oxygen atoms in total. The molecule has 1 aromatic rings. The van der Waals surface area contributed by atoms with Crippen LogP contribution in [0.1, 0.15) is 20.3 Å². The molecule has 1 unspecified atom stereocenters. The van der Waals surface area contributed by atoms with Gasteiger partial charge in [0.15, 0.2) is 0 Å². The lowest BCUT2D eigenvalue weighted by atomic mass is 9.94. The van der Waals surface area contributed by atoms with E-state index in [2.05, 4.69) is 36.2 Å². The Kier molecular flexibility index (Phi) is 3.79. The summed E-state index contributed by atoms with van der Waals surface area (Å²) in [6, 6.07) is 10.3. The SMILES string of the molecule is CC1(C)CNCC(CC#N)N1c1cccc(Cl)c1. The minimum atomic E-state index is -0.0234. The van der Waals surface area contributed by atoms with Gasteiger partial charge in [-0.15, -0.1) is 0 Å². The van der Waals surface area contributed by atoms with E-state index in [4.69, 9.17) is 16.9 Å². The van der Waals surface area contributed by atoms with Gasteiger partial charge in [0.25, 0.3) is 0 Å². The zero-order chi connectivity index (χ0) is 13.2. The first kappa shape index (κ1) is 13.2. The fourth-order valence-electron chi connectivity index (χ4n) is 2.67. The van der Waals surface area contributed by atoms with E-state index in [0.717, 1.165) is 23.8 Å². The lowest BCUT2D eigenvalue weighted by Gasteiger charge is -2.49. The van der Waals surface area contributed by atoms with Crippen LogP contribution in [0.25, 0.3) is 0 Å². The van der Waals surface area contributed by atoms with Crippen molar-refractivity contribution in [3.63, 3.8) is 0 Å². The standard InChI is InChI=1S/C14H18ClN3/c1-14(2)10-17-9-13(6-7-16)18(14)12-5-3-4-11(15)8-12/h3-5,8,13,17H,6,9-10H2,1-2H3. The summed E-state index contributed by atoms with van der Waals surface area (Å²) >= 11 is 6.07. The summed E-state index contributed by atoms with van der Waals surface area (Å²) in [4.78, 5) is 2.32. The Bertz CT molecular complexity index is 464. The molecule has 1 N–H and O–H groups in total. The second kappa shape index (κ2) is 5.17. The Labute approximate surface area is 113 Å². The molecule has 0 amide bonds. The fraction of sp³-hybridized carbons (Fsp3) is 0.500. The molecule has 1 aliphatic heterocycles. The number of hydrogen-bond acceptors (Lipinski definition) is 3. The highest BCUT2D eigenvalue weighted by molar-refractivity contribution is 6.30. The Balaban J connectivity index is 2.37. The van der Waals surface area contributed by atoms with E-state index in [-0.39, 0.29) is 11.6 Å². The van der Waals surface area contributed by atoms with Gasteiger partial charge in [-0.3, -0.25) is 0 Å². The zero-order valence-electron chi connectivity index (χ0n) is 10.8. The smallest absolute Gasteiger partial charge is 0.0643 e. The number of piperazine rings is 1. The number of hydrogen-bond donors (Lipinski definition) is 1. The van der Waals surface area contributed by atoms with Crippen molar-refractivity contribution in [3.8, 4) is 6.07 Å². The Morgan fingerprint density at radius 1 is 1.56 bits per heavy atom. The lowest BCUT2D eigenvalue weighted by molar-refractivity contribution is 0.324. The lowest BCUT2D eigenvalue weighted by Crippen LogP contribution is -2.63. The van der Waals surface area contributed by atoms with Gasteiger partial charge in [0.05, 0.1) is 18.5 Å². The van der Waals surface area contributed by atoms with Crippen molar-refractivity contribution in [2.24, 2.45) is 0 Å². The summed E-state index contributed by atoms with van der Waals surface area (Å²) in [5, 5.41) is 13.1. The van der Waals surface area contributed by atoms with Gasteiger partial charge < -0.3 is 10.2 Å². The molecule has 4 heteroatoms. The summed E-state index contributed by atoms with van der Waals surface area (Å²) in [6.07, 6.45) is 0.517. The summed E-state index contributed by atoms with van der Waals surface area (Å²) in [5.41, 5.74) is 1.07. The quantitative estimate of drug-likeness (QED) is 0.892. The highest BCUT2D eigenvalue weighted by Crippen LogP contribution is 2.31. The van der Waals surface area contributed by atoms with E-state index in [0.29, 0.717) is 6.42 Å². The molecule has 1 heterocycles. The van der Waals surface area contributed by atoms with Crippen LogP contribution in [0, 0.1) is 11.3 Å². The largest absolute Gasteiger partial charge is 0.360 e. The van der Waals surface area contributed by atoms with E-state index in [9.17, 15) is 0 Å². The van der Waals surface area contributed by atoms with Crippen LogP contribution in [0.2, 0.25) is 5.02 Å². The first-order chi connectivity index (χ1) is 8.54. The van der Waals surface area contributed by atoms with Crippen molar-refractivity contribution in [3.05, 3.63) is 29.3 Å². The van der Waals surface area contributed by atoms with Gasteiger partial charge in [-0.05, 0) is 32.0 Å². The zero-order valence-corrected chi connectivity index (χ0v) is 11.5. The molecular formula is C14H18ClN3. The molecule has 96 valence electrons. The van der Waals surface area contributed by atoms with Gasteiger partial charge in [0.2, 0.25) is 0 Å². The summed E-state index contributed by atoms with van der Waals surface area (Å²) < 4.78 is 0. The molecular weight excluding hydrogens is 246 g/mol. The Hall–Kier alpha value is -1.24. The maximum Gasteiger partial charge on any atom is 0.0643 e. The van der Waals surface area contributed by atoms with Crippen molar-refractivity contribution in [1.82, 2.24) is 5.32 Å². The van der Waals surface area contributed by atoms with Crippen LogP contribution in [-0.2, 0) is 0 Å². The van der Waals surface area contributed by atoms with E-state index in [1.807, 2.05) is 18.2 Å². The minimum Gasteiger partial charge on any atom is -0.360 e. The molecule has 0 aliphatic carbocycles. The number of anilines is 1. The van der Waals surface area contributed by atoms with Crippen LogP contribution in [-0.4, -0.2) is 24.7 Å². The van der Waals surface area contributed by atoms with Crippen LogP contribution >= 0.6 is 11.6 Å². The van der Waals surface area contributed by atoms with Crippen molar-refractivity contribution in [2.75, 3.05) is 18.0 Å². The van der Waals surface area contributed by atoms with Crippen LogP contribution in [0.4, 0.5) is 5.69 Å². The van der Waals surface area contributed by atoms with Crippen molar-refractivity contribution in [1.29, 1.82) is 5.26 Å². The Morgan fingerprint density at radius 3 is 3.00 bits per heavy atom. The van der Waals surface area contributed by atoms with Gasteiger partial charge in [0, 0.05) is 29.3 Å². The number of halogens is 1. The normalized spacial score (nSPS) is 22.6. The predicted octanol–water partition coefficient (Wildman–Crippen LogP) is 2.81. The molecule has 0 radical (unpaired) electrons. The average Bonchev–Trinajstić information content (AvgIpc) is 2.28.